The van der Waals surface area contributed by atoms with Gasteiger partial charge in [0.2, 0.25) is 0 Å². The SMILES string of the molecule is Cc1cccc(-c2ccc3c(c2P)C=Cc2ccccc2C3)c1. The van der Waals surface area contributed by atoms with E-state index in [0.29, 0.717) is 0 Å². The Kier molecular flexibility index (Phi) is 3.63. The molecule has 1 heteroatoms. The van der Waals surface area contributed by atoms with Gasteiger partial charge in [-0.05, 0) is 52.0 Å². The minimum atomic E-state index is 0.994. The van der Waals surface area contributed by atoms with E-state index in [0.717, 1.165) is 6.42 Å². The minimum absolute atomic E-state index is 0.994. The van der Waals surface area contributed by atoms with Crippen molar-refractivity contribution in [2.45, 2.75) is 13.3 Å². The quantitative estimate of drug-likeness (QED) is 0.422. The van der Waals surface area contributed by atoms with Crippen LogP contribution in [0.1, 0.15) is 27.8 Å². The second-order valence-corrected chi connectivity index (χ2v) is 6.76. The van der Waals surface area contributed by atoms with Crippen LogP contribution < -0.4 is 5.30 Å². The van der Waals surface area contributed by atoms with Gasteiger partial charge in [0.05, 0.1) is 0 Å². The standard InChI is InChI=1S/C22H19P/c1-15-5-4-8-18(13-15)20-12-10-19-14-17-7-3-2-6-16(17)9-11-21(19)22(20)23/h2-13H,14,23H2,1H3. The highest BCUT2D eigenvalue weighted by Crippen LogP contribution is 2.29. The molecule has 0 bridgehead atoms. The fraction of sp³-hybridized carbons (Fsp3) is 0.0909. The molecule has 1 atom stereocenters. The third-order valence-electron chi connectivity index (χ3n) is 4.57. The van der Waals surface area contributed by atoms with Crippen LogP contribution in [0.3, 0.4) is 0 Å². The first-order chi connectivity index (χ1) is 11.2. The number of benzene rings is 3. The molecule has 0 N–H and O–H groups in total. The van der Waals surface area contributed by atoms with Crippen LogP contribution >= 0.6 is 9.24 Å². The third-order valence-corrected chi connectivity index (χ3v) is 5.19. The highest BCUT2D eigenvalue weighted by atomic mass is 31.0. The van der Waals surface area contributed by atoms with Crippen molar-refractivity contribution in [1.82, 2.24) is 0 Å². The van der Waals surface area contributed by atoms with Crippen molar-refractivity contribution >= 4 is 26.7 Å². The summed E-state index contributed by atoms with van der Waals surface area (Å²) in [4.78, 5) is 0. The van der Waals surface area contributed by atoms with Gasteiger partial charge >= 0.3 is 0 Å². The van der Waals surface area contributed by atoms with Gasteiger partial charge < -0.3 is 0 Å². The Morgan fingerprint density at radius 2 is 1.70 bits per heavy atom. The van der Waals surface area contributed by atoms with Crippen LogP contribution in [-0.4, -0.2) is 0 Å². The zero-order chi connectivity index (χ0) is 15.8. The van der Waals surface area contributed by atoms with Gasteiger partial charge in [-0.2, -0.15) is 0 Å². The maximum Gasteiger partial charge on any atom is -0.00137 e. The molecule has 0 fully saturated rings. The van der Waals surface area contributed by atoms with Crippen molar-refractivity contribution in [3.63, 3.8) is 0 Å². The van der Waals surface area contributed by atoms with E-state index >= 15 is 0 Å². The van der Waals surface area contributed by atoms with E-state index in [2.05, 4.69) is 89.0 Å². The first-order valence-electron chi connectivity index (χ1n) is 7.97. The van der Waals surface area contributed by atoms with E-state index in [1.807, 2.05) is 0 Å². The third kappa shape index (κ3) is 2.64. The predicted molar refractivity (Wildman–Crippen MR) is 104 cm³/mol. The summed E-state index contributed by atoms with van der Waals surface area (Å²) in [5.41, 5.74) is 9.34. The van der Waals surface area contributed by atoms with Crippen LogP contribution in [0.25, 0.3) is 23.3 Å². The number of rotatable bonds is 1. The molecule has 0 nitrogen and oxygen atoms in total. The van der Waals surface area contributed by atoms with Gasteiger partial charge in [-0.3, -0.25) is 0 Å². The van der Waals surface area contributed by atoms with Gasteiger partial charge in [0.1, 0.15) is 0 Å². The van der Waals surface area contributed by atoms with Crippen molar-refractivity contribution in [2.24, 2.45) is 0 Å². The normalized spacial score (nSPS) is 12.4. The zero-order valence-corrected chi connectivity index (χ0v) is 14.4. The second-order valence-electron chi connectivity index (χ2n) is 6.18. The largest absolute Gasteiger partial charge is 0.104 e. The highest BCUT2D eigenvalue weighted by molar-refractivity contribution is 7.28. The molecule has 0 radical (unpaired) electrons. The highest BCUT2D eigenvalue weighted by Gasteiger charge is 2.13. The Morgan fingerprint density at radius 3 is 2.57 bits per heavy atom. The summed E-state index contributed by atoms with van der Waals surface area (Å²) in [7, 11) is 2.96. The minimum Gasteiger partial charge on any atom is -0.104 e. The number of fused-ring (bicyclic) bond motifs is 2. The lowest BCUT2D eigenvalue weighted by Gasteiger charge is -2.14. The molecule has 0 saturated carbocycles. The van der Waals surface area contributed by atoms with Crippen molar-refractivity contribution in [1.29, 1.82) is 0 Å². The lowest BCUT2D eigenvalue weighted by Crippen LogP contribution is -2.06. The maximum absolute atomic E-state index is 2.96. The van der Waals surface area contributed by atoms with Crippen LogP contribution in [-0.2, 0) is 6.42 Å². The molecule has 0 amide bonds. The Labute approximate surface area is 140 Å². The maximum atomic E-state index is 2.96. The topological polar surface area (TPSA) is 0 Å². The van der Waals surface area contributed by atoms with Crippen molar-refractivity contribution in [3.05, 3.63) is 88.5 Å². The van der Waals surface area contributed by atoms with Crippen LogP contribution in [0.15, 0.2) is 60.7 Å². The Hall–Kier alpha value is -2.17. The molecule has 0 aromatic heterocycles. The fourth-order valence-corrected chi connectivity index (χ4v) is 3.88. The molecule has 0 saturated heterocycles. The molecule has 4 rings (SSSR count). The van der Waals surface area contributed by atoms with E-state index in [1.165, 1.54) is 44.2 Å². The van der Waals surface area contributed by atoms with E-state index in [1.54, 1.807) is 0 Å². The number of aryl methyl sites for hydroxylation is 1. The average molecular weight is 314 g/mol. The summed E-state index contributed by atoms with van der Waals surface area (Å²) in [5.74, 6) is 0. The molecular weight excluding hydrogens is 295 g/mol. The molecule has 0 aliphatic heterocycles. The van der Waals surface area contributed by atoms with Crippen LogP contribution in [0.2, 0.25) is 0 Å². The summed E-state index contributed by atoms with van der Waals surface area (Å²) in [5, 5.41) is 1.29. The first-order valence-corrected chi connectivity index (χ1v) is 8.54. The summed E-state index contributed by atoms with van der Waals surface area (Å²) >= 11 is 0. The Balaban J connectivity index is 1.87. The molecule has 112 valence electrons. The molecular formula is C22H19P. The fourth-order valence-electron chi connectivity index (χ4n) is 3.33. The Bertz CT molecular complexity index is 919. The van der Waals surface area contributed by atoms with E-state index in [4.69, 9.17) is 0 Å². The van der Waals surface area contributed by atoms with Gasteiger partial charge in [0.15, 0.2) is 0 Å². The van der Waals surface area contributed by atoms with Crippen molar-refractivity contribution in [3.8, 4) is 11.1 Å². The summed E-state index contributed by atoms with van der Waals surface area (Å²) in [6, 6.07) is 21.9. The second kappa shape index (κ2) is 5.80. The molecule has 0 spiro atoms. The molecule has 1 aliphatic carbocycles. The van der Waals surface area contributed by atoms with Gasteiger partial charge in [-0.15, -0.1) is 9.24 Å². The zero-order valence-electron chi connectivity index (χ0n) is 13.2. The molecule has 1 unspecified atom stereocenters. The van der Waals surface area contributed by atoms with Crippen molar-refractivity contribution < 1.29 is 0 Å². The van der Waals surface area contributed by atoms with E-state index in [-0.39, 0.29) is 0 Å². The monoisotopic (exact) mass is 314 g/mol. The molecule has 3 aromatic carbocycles. The molecule has 3 aromatic rings. The summed E-state index contributed by atoms with van der Waals surface area (Å²) in [6.07, 6.45) is 5.51. The summed E-state index contributed by atoms with van der Waals surface area (Å²) in [6.45, 7) is 2.14. The van der Waals surface area contributed by atoms with E-state index in [9.17, 15) is 0 Å². The lowest BCUT2D eigenvalue weighted by molar-refractivity contribution is 1.19. The van der Waals surface area contributed by atoms with Gasteiger partial charge in [-0.25, -0.2) is 0 Å². The van der Waals surface area contributed by atoms with Gasteiger partial charge in [-0.1, -0.05) is 78.4 Å². The van der Waals surface area contributed by atoms with Crippen LogP contribution in [0, 0.1) is 6.92 Å². The number of hydrogen-bond acceptors (Lipinski definition) is 0. The van der Waals surface area contributed by atoms with Gasteiger partial charge in [0, 0.05) is 0 Å². The molecule has 0 heterocycles. The average Bonchev–Trinajstić information content (AvgIpc) is 2.75. The predicted octanol–water partition coefficient (Wildman–Crippen LogP) is 5.24. The number of hydrogen-bond donors (Lipinski definition) is 0. The summed E-state index contributed by atoms with van der Waals surface area (Å²) < 4.78 is 0. The van der Waals surface area contributed by atoms with Crippen LogP contribution in [0.4, 0.5) is 0 Å². The lowest BCUT2D eigenvalue weighted by atomic mass is 9.95. The Morgan fingerprint density at radius 1 is 0.826 bits per heavy atom. The van der Waals surface area contributed by atoms with Crippen LogP contribution in [0.5, 0.6) is 0 Å². The van der Waals surface area contributed by atoms with Crippen molar-refractivity contribution in [2.75, 3.05) is 0 Å². The van der Waals surface area contributed by atoms with E-state index < -0.39 is 0 Å². The molecule has 23 heavy (non-hydrogen) atoms. The smallest absolute Gasteiger partial charge is 0.00137 e. The van der Waals surface area contributed by atoms with Gasteiger partial charge in [0.25, 0.3) is 0 Å². The first kappa shape index (κ1) is 14.4. The molecule has 1 aliphatic rings.